The van der Waals surface area contributed by atoms with Gasteiger partial charge < -0.3 is 35.6 Å². The second-order valence-electron chi connectivity index (χ2n) is 7.47. The number of carbonyl (C=O) groups is 1. The molecule has 0 aliphatic carbocycles. The Balaban J connectivity index is 1.87. The van der Waals surface area contributed by atoms with E-state index in [1.807, 2.05) is 12.1 Å². The first kappa shape index (κ1) is 22.4. The van der Waals surface area contributed by atoms with Crippen LogP contribution in [0.1, 0.15) is 27.6 Å². The van der Waals surface area contributed by atoms with Crippen molar-refractivity contribution in [3.05, 3.63) is 59.2 Å². The van der Waals surface area contributed by atoms with Crippen LogP contribution in [0.25, 0.3) is 11.1 Å². The molecule has 1 aliphatic rings. The summed E-state index contributed by atoms with van der Waals surface area (Å²) in [7, 11) is 1.56. The van der Waals surface area contributed by atoms with Crippen LogP contribution in [-0.2, 0) is 4.74 Å². The molecule has 1 fully saturated rings. The Morgan fingerprint density at radius 3 is 2.40 bits per heavy atom. The van der Waals surface area contributed by atoms with Crippen molar-refractivity contribution in [2.45, 2.75) is 43.5 Å². The number of hydrogen-bond donors (Lipinski definition) is 6. The normalized spacial score (nSPS) is 27.5. The minimum Gasteiger partial charge on any atom is -0.394 e. The zero-order valence-electron chi connectivity index (χ0n) is 16.8. The third-order valence-corrected chi connectivity index (χ3v) is 5.51. The molecule has 8 heteroatoms. The number of aliphatic hydroxyl groups is 5. The number of carbonyl (C=O) groups excluding carboxylic acids is 1. The zero-order valence-corrected chi connectivity index (χ0v) is 16.8. The van der Waals surface area contributed by atoms with Crippen molar-refractivity contribution >= 4 is 5.91 Å². The molecule has 6 atom stereocenters. The first-order valence-corrected chi connectivity index (χ1v) is 9.70. The number of hydrogen-bond acceptors (Lipinski definition) is 7. The van der Waals surface area contributed by atoms with E-state index in [4.69, 9.17) is 4.74 Å². The molecule has 1 amide bonds. The van der Waals surface area contributed by atoms with Gasteiger partial charge >= 0.3 is 0 Å². The van der Waals surface area contributed by atoms with E-state index in [1.54, 1.807) is 44.3 Å². The highest BCUT2D eigenvalue weighted by Crippen LogP contribution is 2.33. The van der Waals surface area contributed by atoms with E-state index < -0.39 is 43.2 Å². The Kier molecular flexibility index (Phi) is 6.87. The second-order valence-corrected chi connectivity index (χ2v) is 7.47. The van der Waals surface area contributed by atoms with Gasteiger partial charge in [-0.1, -0.05) is 30.3 Å². The average molecular weight is 417 g/mol. The first-order chi connectivity index (χ1) is 14.3. The third-order valence-electron chi connectivity index (χ3n) is 5.51. The molecule has 0 aromatic heterocycles. The molecule has 2 aromatic carbocycles. The summed E-state index contributed by atoms with van der Waals surface area (Å²) in [6.45, 7) is 1.22. The Morgan fingerprint density at radius 2 is 1.77 bits per heavy atom. The fourth-order valence-corrected chi connectivity index (χ4v) is 3.74. The van der Waals surface area contributed by atoms with Crippen molar-refractivity contribution in [2.24, 2.45) is 0 Å². The minimum atomic E-state index is -1.55. The average Bonchev–Trinajstić information content (AvgIpc) is 2.76. The van der Waals surface area contributed by atoms with Crippen molar-refractivity contribution in [1.82, 2.24) is 5.32 Å². The van der Waals surface area contributed by atoms with E-state index in [0.717, 1.165) is 11.1 Å². The van der Waals surface area contributed by atoms with Gasteiger partial charge in [-0.25, -0.2) is 0 Å². The number of benzene rings is 2. The highest BCUT2D eigenvalue weighted by atomic mass is 16.6. The summed E-state index contributed by atoms with van der Waals surface area (Å²) in [5.41, 5.74) is 3.38. The molecule has 0 unspecified atom stereocenters. The van der Waals surface area contributed by atoms with Crippen LogP contribution >= 0.6 is 0 Å². The molecule has 2 aromatic rings. The predicted molar refractivity (Wildman–Crippen MR) is 109 cm³/mol. The van der Waals surface area contributed by atoms with Crippen LogP contribution in [-0.4, -0.2) is 75.6 Å². The van der Waals surface area contributed by atoms with Gasteiger partial charge in [0.1, 0.15) is 36.6 Å². The van der Waals surface area contributed by atoms with Crippen molar-refractivity contribution in [3.8, 4) is 11.1 Å². The zero-order chi connectivity index (χ0) is 22.0. The largest absolute Gasteiger partial charge is 0.394 e. The fraction of sp³-hybridized carbons (Fsp3) is 0.409. The summed E-state index contributed by atoms with van der Waals surface area (Å²) in [6.07, 6.45) is -8.16. The molecule has 0 saturated carbocycles. The molecule has 1 aliphatic heterocycles. The van der Waals surface area contributed by atoms with Gasteiger partial charge in [0.2, 0.25) is 0 Å². The standard InChI is InChI=1S/C22H27NO7/c1-11-8-13(12-4-3-5-14(9-12)22(29)23-2)6-7-15(11)17(25)21-20(28)19(27)18(26)16(10-24)30-21/h3-9,16-21,24-28H,10H2,1-2H3,(H,23,29)/t16-,17-,18+,19-,20+,21+/m0/s1. The smallest absolute Gasteiger partial charge is 0.251 e. The van der Waals surface area contributed by atoms with Crippen molar-refractivity contribution in [2.75, 3.05) is 13.7 Å². The Morgan fingerprint density at radius 1 is 1.07 bits per heavy atom. The summed E-state index contributed by atoms with van der Waals surface area (Å²) in [5.74, 6) is -0.191. The summed E-state index contributed by atoms with van der Waals surface area (Å²) < 4.78 is 5.47. The number of ether oxygens (including phenoxy) is 1. The molecule has 30 heavy (non-hydrogen) atoms. The van der Waals surface area contributed by atoms with Gasteiger partial charge in [0.25, 0.3) is 5.91 Å². The molecule has 0 radical (unpaired) electrons. The van der Waals surface area contributed by atoms with Gasteiger partial charge in [0.15, 0.2) is 0 Å². The molecule has 3 rings (SSSR count). The maximum atomic E-state index is 11.9. The molecule has 0 bridgehead atoms. The number of aryl methyl sites for hydroxylation is 1. The van der Waals surface area contributed by atoms with E-state index in [9.17, 15) is 30.3 Å². The first-order valence-electron chi connectivity index (χ1n) is 9.70. The van der Waals surface area contributed by atoms with Crippen molar-refractivity contribution in [1.29, 1.82) is 0 Å². The predicted octanol–water partition coefficient (Wildman–Crippen LogP) is -0.103. The summed E-state index contributed by atoms with van der Waals surface area (Å²) in [4.78, 5) is 11.9. The Hall–Kier alpha value is -2.33. The quantitative estimate of drug-likeness (QED) is 0.399. The maximum absolute atomic E-state index is 11.9. The fourth-order valence-electron chi connectivity index (χ4n) is 3.74. The maximum Gasteiger partial charge on any atom is 0.251 e. The lowest BCUT2D eigenvalue weighted by molar-refractivity contribution is -0.250. The number of amides is 1. The molecule has 6 N–H and O–H groups in total. The summed E-state index contributed by atoms with van der Waals surface area (Å²) in [6, 6.07) is 12.4. The monoisotopic (exact) mass is 417 g/mol. The molecular weight excluding hydrogens is 390 g/mol. The highest BCUT2D eigenvalue weighted by molar-refractivity contribution is 5.95. The molecule has 1 saturated heterocycles. The highest BCUT2D eigenvalue weighted by Gasteiger charge is 2.46. The van der Waals surface area contributed by atoms with Crippen molar-refractivity contribution < 1.29 is 35.1 Å². The number of aliphatic hydroxyl groups excluding tert-OH is 5. The van der Waals surface area contributed by atoms with Crippen LogP contribution in [0, 0.1) is 6.92 Å². The Labute approximate surface area is 174 Å². The minimum absolute atomic E-state index is 0.191. The summed E-state index contributed by atoms with van der Waals surface area (Å²) >= 11 is 0. The SMILES string of the molecule is CNC(=O)c1cccc(-c2ccc([C@H](O)[C@H]3O[C@@H](CO)[C@@H](O)[C@H](O)[C@H]3O)c(C)c2)c1. The lowest BCUT2D eigenvalue weighted by atomic mass is 9.87. The third kappa shape index (κ3) is 4.24. The summed E-state index contributed by atoms with van der Waals surface area (Å²) in [5, 5.41) is 52.9. The van der Waals surface area contributed by atoms with E-state index in [2.05, 4.69) is 5.32 Å². The topological polar surface area (TPSA) is 139 Å². The van der Waals surface area contributed by atoms with Gasteiger partial charge in [-0.15, -0.1) is 0 Å². The van der Waals surface area contributed by atoms with Crippen LogP contribution in [0.5, 0.6) is 0 Å². The van der Waals surface area contributed by atoms with Crippen LogP contribution < -0.4 is 5.32 Å². The van der Waals surface area contributed by atoms with Crippen LogP contribution in [0.4, 0.5) is 0 Å². The van der Waals surface area contributed by atoms with Crippen LogP contribution in [0.15, 0.2) is 42.5 Å². The van der Waals surface area contributed by atoms with Gasteiger partial charge in [0, 0.05) is 12.6 Å². The molecule has 1 heterocycles. The Bertz CT molecular complexity index is 901. The lowest BCUT2D eigenvalue weighted by Gasteiger charge is -2.42. The number of rotatable bonds is 5. The van der Waals surface area contributed by atoms with Crippen molar-refractivity contribution in [3.63, 3.8) is 0 Å². The van der Waals surface area contributed by atoms with Gasteiger partial charge in [-0.3, -0.25) is 4.79 Å². The van der Waals surface area contributed by atoms with E-state index >= 15 is 0 Å². The van der Waals surface area contributed by atoms with Crippen LogP contribution in [0.2, 0.25) is 0 Å². The number of nitrogens with one attached hydrogen (secondary N) is 1. The van der Waals surface area contributed by atoms with E-state index in [-0.39, 0.29) is 5.91 Å². The molecule has 162 valence electrons. The van der Waals surface area contributed by atoms with E-state index in [0.29, 0.717) is 16.7 Å². The molecular formula is C22H27NO7. The lowest BCUT2D eigenvalue weighted by Crippen LogP contribution is -2.59. The van der Waals surface area contributed by atoms with E-state index in [1.165, 1.54) is 0 Å². The molecule has 8 nitrogen and oxygen atoms in total. The second kappa shape index (κ2) is 9.22. The molecule has 0 spiro atoms. The van der Waals surface area contributed by atoms with Crippen LogP contribution in [0.3, 0.4) is 0 Å². The van der Waals surface area contributed by atoms with Gasteiger partial charge in [-0.2, -0.15) is 0 Å². The van der Waals surface area contributed by atoms with Gasteiger partial charge in [-0.05, 0) is 41.3 Å². The van der Waals surface area contributed by atoms with Gasteiger partial charge in [0.05, 0.1) is 6.61 Å².